The van der Waals surface area contributed by atoms with Crippen molar-refractivity contribution in [3.63, 3.8) is 0 Å². The highest BCUT2D eigenvalue weighted by atomic mass is 32.1. The molecule has 0 saturated heterocycles. The molecule has 0 fully saturated rings. The van der Waals surface area contributed by atoms with E-state index < -0.39 is 23.9 Å². The Kier molecular flexibility index (Phi) is 6.09. The number of halogens is 3. The SMILES string of the molecule is Cc1nc(C(F)(F)F)ccc1CC(O)C(=O)OCCc1csc2cc(O)ccc12. The number of rotatable bonds is 6. The van der Waals surface area contributed by atoms with Gasteiger partial charge in [0, 0.05) is 23.2 Å². The molecule has 0 amide bonds. The van der Waals surface area contributed by atoms with Gasteiger partial charge in [-0.1, -0.05) is 6.07 Å². The lowest BCUT2D eigenvalue weighted by Gasteiger charge is -2.13. The number of phenolic OH excluding ortho intramolecular Hbond substituents is 1. The van der Waals surface area contributed by atoms with E-state index in [2.05, 4.69) is 4.98 Å². The number of phenols is 1. The van der Waals surface area contributed by atoms with Gasteiger partial charge in [0.1, 0.15) is 11.4 Å². The zero-order valence-corrected chi connectivity index (χ0v) is 16.2. The number of thiophene rings is 1. The van der Waals surface area contributed by atoms with Crippen molar-refractivity contribution >= 4 is 27.4 Å². The number of aromatic nitrogens is 1. The van der Waals surface area contributed by atoms with Gasteiger partial charge in [-0.05, 0) is 53.1 Å². The Labute approximate surface area is 168 Å². The third kappa shape index (κ3) is 5.04. The van der Waals surface area contributed by atoms with E-state index in [1.807, 2.05) is 5.38 Å². The lowest BCUT2D eigenvalue weighted by Crippen LogP contribution is -2.26. The molecule has 5 nitrogen and oxygen atoms in total. The number of pyridine rings is 1. The van der Waals surface area contributed by atoms with Gasteiger partial charge in [0.25, 0.3) is 0 Å². The van der Waals surface area contributed by atoms with Crippen LogP contribution >= 0.6 is 11.3 Å². The summed E-state index contributed by atoms with van der Waals surface area (Å²) in [6.07, 6.45) is -5.80. The Morgan fingerprint density at radius 2 is 2.00 bits per heavy atom. The van der Waals surface area contributed by atoms with Crippen LogP contribution < -0.4 is 0 Å². The number of hydrogen-bond donors (Lipinski definition) is 2. The predicted octanol–water partition coefficient (Wildman–Crippen LogP) is 4.02. The van der Waals surface area contributed by atoms with Crippen LogP contribution in [-0.4, -0.2) is 33.9 Å². The van der Waals surface area contributed by atoms with Gasteiger partial charge in [0.15, 0.2) is 6.10 Å². The molecule has 29 heavy (non-hydrogen) atoms. The third-order valence-corrected chi connectivity index (χ3v) is 5.42. The number of aliphatic hydroxyl groups is 1. The highest BCUT2D eigenvalue weighted by molar-refractivity contribution is 7.17. The molecule has 1 atom stereocenters. The van der Waals surface area contributed by atoms with E-state index in [-0.39, 0.29) is 24.5 Å². The number of esters is 1. The van der Waals surface area contributed by atoms with Crippen molar-refractivity contribution in [3.05, 3.63) is 58.2 Å². The summed E-state index contributed by atoms with van der Waals surface area (Å²) < 4.78 is 44.0. The van der Waals surface area contributed by atoms with E-state index in [1.54, 1.807) is 18.2 Å². The monoisotopic (exact) mass is 425 g/mol. The Morgan fingerprint density at radius 1 is 1.24 bits per heavy atom. The molecule has 3 aromatic rings. The fourth-order valence-electron chi connectivity index (χ4n) is 2.88. The van der Waals surface area contributed by atoms with Gasteiger partial charge in [-0.2, -0.15) is 13.2 Å². The van der Waals surface area contributed by atoms with E-state index in [1.165, 1.54) is 24.3 Å². The number of carbonyl (C=O) groups is 1. The van der Waals surface area contributed by atoms with Crippen LogP contribution in [0, 0.1) is 6.92 Å². The summed E-state index contributed by atoms with van der Waals surface area (Å²) >= 11 is 1.46. The molecule has 0 aliphatic rings. The van der Waals surface area contributed by atoms with E-state index in [0.29, 0.717) is 12.0 Å². The molecule has 1 unspecified atom stereocenters. The maximum atomic E-state index is 12.7. The number of aliphatic hydroxyl groups excluding tert-OH is 1. The molecule has 9 heteroatoms. The van der Waals surface area contributed by atoms with Crippen molar-refractivity contribution in [1.82, 2.24) is 4.98 Å². The Bertz CT molecular complexity index is 1030. The van der Waals surface area contributed by atoms with Gasteiger partial charge in [-0.3, -0.25) is 0 Å². The standard InChI is InChI=1S/C20H18F3NO4S/c1-11-12(2-5-18(24-11)20(21,22)23)8-16(26)19(27)28-7-6-13-10-29-17-9-14(25)3-4-15(13)17/h2-5,9-10,16,25-26H,6-8H2,1H3. The van der Waals surface area contributed by atoms with Gasteiger partial charge in [0.05, 0.1) is 6.61 Å². The van der Waals surface area contributed by atoms with Gasteiger partial charge in [-0.15, -0.1) is 11.3 Å². The van der Waals surface area contributed by atoms with E-state index in [0.717, 1.165) is 21.7 Å². The number of fused-ring (bicyclic) bond motifs is 1. The van der Waals surface area contributed by atoms with E-state index >= 15 is 0 Å². The molecule has 0 radical (unpaired) electrons. The van der Waals surface area contributed by atoms with E-state index in [9.17, 15) is 28.2 Å². The number of nitrogens with zero attached hydrogens (tertiary/aromatic N) is 1. The number of alkyl halides is 3. The molecule has 0 spiro atoms. The number of aryl methyl sites for hydroxylation is 1. The minimum Gasteiger partial charge on any atom is -0.508 e. The second-order valence-electron chi connectivity index (χ2n) is 6.52. The minimum absolute atomic E-state index is 0.0485. The number of ether oxygens (including phenoxy) is 1. The summed E-state index contributed by atoms with van der Waals surface area (Å²) in [5, 5.41) is 22.4. The zero-order valence-electron chi connectivity index (χ0n) is 15.4. The summed E-state index contributed by atoms with van der Waals surface area (Å²) in [6.45, 7) is 1.44. The summed E-state index contributed by atoms with van der Waals surface area (Å²) in [4.78, 5) is 15.5. The maximum absolute atomic E-state index is 12.7. The van der Waals surface area contributed by atoms with Crippen molar-refractivity contribution in [3.8, 4) is 5.75 Å². The molecule has 154 valence electrons. The first kappa shape index (κ1) is 21.1. The molecule has 0 saturated carbocycles. The molecular formula is C20H18F3NO4S. The normalized spacial score (nSPS) is 12.9. The minimum atomic E-state index is -4.55. The molecule has 2 N–H and O–H groups in total. The van der Waals surface area contributed by atoms with Gasteiger partial charge < -0.3 is 14.9 Å². The lowest BCUT2D eigenvalue weighted by molar-refractivity contribution is -0.153. The summed E-state index contributed by atoms with van der Waals surface area (Å²) in [6, 6.07) is 7.04. The molecule has 1 aromatic carbocycles. The number of carbonyl (C=O) groups excluding carboxylic acids is 1. The highest BCUT2D eigenvalue weighted by Crippen LogP contribution is 2.30. The van der Waals surface area contributed by atoms with Crippen LogP contribution in [0.25, 0.3) is 10.1 Å². The zero-order chi connectivity index (χ0) is 21.2. The molecule has 0 aliphatic carbocycles. The predicted molar refractivity (Wildman–Crippen MR) is 102 cm³/mol. The maximum Gasteiger partial charge on any atom is 0.433 e. The van der Waals surface area contributed by atoms with Crippen LogP contribution in [0.5, 0.6) is 5.75 Å². The Balaban J connectivity index is 1.55. The number of hydrogen-bond acceptors (Lipinski definition) is 6. The molecule has 0 bridgehead atoms. The summed E-state index contributed by atoms with van der Waals surface area (Å²) in [7, 11) is 0. The summed E-state index contributed by atoms with van der Waals surface area (Å²) in [5.74, 6) is -0.671. The molecule has 0 aliphatic heterocycles. The average molecular weight is 425 g/mol. The van der Waals surface area contributed by atoms with E-state index in [4.69, 9.17) is 4.74 Å². The van der Waals surface area contributed by atoms with Crippen LogP contribution in [-0.2, 0) is 28.5 Å². The van der Waals surface area contributed by atoms with Crippen LogP contribution in [0.15, 0.2) is 35.7 Å². The van der Waals surface area contributed by atoms with Crippen molar-refractivity contribution in [2.75, 3.05) is 6.61 Å². The largest absolute Gasteiger partial charge is 0.508 e. The molecular weight excluding hydrogens is 407 g/mol. The smallest absolute Gasteiger partial charge is 0.433 e. The number of benzene rings is 1. The second kappa shape index (κ2) is 8.38. The number of aromatic hydroxyl groups is 1. The first-order valence-corrected chi connectivity index (χ1v) is 9.60. The third-order valence-electron chi connectivity index (χ3n) is 4.43. The fraction of sp³-hybridized carbons (Fsp3) is 0.300. The first-order chi connectivity index (χ1) is 13.6. The van der Waals surface area contributed by atoms with Crippen LogP contribution in [0.1, 0.15) is 22.5 Å². The first-order valence-electron chi connectivity index (χ1n) is 8.72. The van der Waals surface area contributed by atoms with Crippen LogP contribution in [0.3, 0.4) is 0 Å². The summed E-state index contributed by atoms with van der Waals surface area (Å²) in [5.41, 5.74) is 0.368. The van der Waals surface area contributed by atoms with Crippen molar-refractivity contribution in [2.24, 2.45) is 0 Å². The second-order valence-corrected chi connectivity index (χ2v) is 7.43. The van der Waals surface area contributed by atoms with Gasteiger partial charge in [-0.25, -0.2) is 9.78 Å². The lowest BCUT2D eigenvalue weighted by atomic mass is 10.1. The highest BCUT2D eigenvalue weighted by Gasteiger charge is 2.32. The molecule has 2 heterocycles. The Morgan fingerprint density at radius 3 is 2.69 bits per heavy atom. The van der Waals surface area contributed by atoms with Gasteiger partial charge >= 0.3 is 12.1 Å². The van der Waals surface area contributed by atoms with Crippen molar-refractivity contribution < 1.29 is 32.9 Å². The van der Waals surface area contributed by atoms with Crippen LogP contribution in [0.4, 0.5) is 13.2 Å². The molecule has 2 aromatic heterocycles. The van der Waals surface area contributed by atoms with Gasteiger partial charge in [0.2, 0.25) is 0 Å². The topological polar surface area (TPSA) is 79.7 Å². The quantitative estimate of drug-likeness (QED) is 0.584. The van der Waals surface area contributed by atoms with Crippen molar-refractivity contribution in [2.45, 2.75) is 32.0 Å². The fourth-order valence-corrected chi connectivity index (χ4v) is 3.91. The average Bonchev–Trinajstić information content (AvgIpc) is 3.04. The molecule has 3 rings (SSSR count). The van der Waals surface area contributed by atoms with Crippen molar-refractivity contribution in [1.29, 1.82) is 0 Å². The Hall–Kier alpha value is -2.65. The van der Waals surface area contributed by atoms with Crippen LogP contribution in [0.2, 0.25) is 0 Å².